The van der Waals surface area contributed by atoms with Gasteiger partial charge >= 0.3 is 0 Å². The SMILES string of the molecule is CCOc1ccc(C[NH2+]CC[C@@H](CCC(C)C)[C@H]2CCOC(C)(C)C2)cc1OC. The number of quaternary nitrogens is 1. The highest BCUT2D eigenvalue weighted by molar-refractivity contribution is 5.42. The normalized spacial score (nSPS) is 19.9. The van der Waals surface area contributed by atoms with E-state index in [1.807, 2.05) is 13.0 Å². The number of hydrogen-bond acceptors (Lipinski definition) is 3. The number of ether oxygens (including phenoxy) is 3. The van der Waals surface area contributed by atoms with Crippen molar-refractivity contribution >= 4 is 0 Å². The molecule has 1 saturated heterocycles. The molecule has 29 heavy (non-hydrogen) atoms. The van der Waals surface area contributed by atoms with Crippen LogP contribution in [0.4, 0.5) is 0 Å². The Hall–Kier alpha value is -1.26. The minimum Gasteiger partial charge on any atom is -0.493 e. The number of rotatable bonds is 12. The molecule has 2 atom stereocenters. The molecule has 2 rings (SSSR count). The summed E-state index contributed by atoms with van der Waals surface area (Å²) in [4.78, 5) is 0. The molecule has 1 aromatic carbocycles. The van der Waals surface area contributed by atoms with Gasteiger partial charge < -0.3 is 19.5 Å². The van der Waals surface area contributed by atoms with Crippen molar-refractivity contribution in [1.29, 1.82) is 0 Å². The van der Waals surface area contributed by atoms with E-state index in [2.05, 4.69) is 45.1 Å². The molecule has 0 radical (unpaired) electrons. The molecule has 1 aliphatic rings. The minimum atomic E-state index is 0.0432. The molecule has 1 heterocycles. The number of benzene rings is 1. The fraction of sp³-hybridized carbons (Fsp3) is 0.760. The molecule has 0 spiro atoms. The fourth-order valence-corrected chi connectivity index (χ4v) is 4.56. The van der Waals surface area contributed by atoms with Gasteiger partial charge in [-0.3, -0.25) is 0 Å². The Bertz CT molecular complexity index is 600. The second-order valence-electron chi connectivity index (χ2n) is 9.58. The summed E-state index contributed by atoms with van der Waals surface area (Å²) in [5.41, 5.74) is 1.33. The van der Waals surface area contributed by atoms with Crippen LogP contribution in [0.3, 0.4) is 0 Å². The molecule has 0 aliphatic carbocycles. The van der Waals surface area contributed by atoms with Gasteiger partial charge in [0.25, 0.3) is 0 Å². The van der Waals surface area contributed by atoms with E-state index in [0.29, 0.717) is 6.61 Å². The molecule has 0 amide bonds. The number of methoxy groups -OCH3 is 1. The van der Waals surface area contributed by atoms with Crippen LogP contribution in [-0.4, -0.2) is 32.5 Å². The van der Waals surface area contributed by atoms with Crippen LogP contribution < -0.4 is 14.8 Å². The molecule has 0 unspecified atom stereocenters. The molecule has 4 nitrogen and oxygen atoms in total. The third-order valence-electron chi connectivity index (χ3n) is 6.17. The van der Waals surface area contributed by atoms with Crippen LogP contribution in [0.15, 0.2) is 18.2 Å². The summed E-state index contributed by atoms with van der Waals surface area (Å²) in [5.74, 6) is 4.06. The van der Waals surface area contributed by atoms with E-state index >= 15 is 0 Å². The topological polar surface area (TPSA) is 44.3 Å². The van der Waals surface area contributed by atoms with Crippen LogP contribution in [0.1, 0.15) is 72.3 Å². The smallest absolute Gasteiger partial charge is 0.161 e. The Balaban J connectivity index is 1.87. The Kier molecular flexibility index (Phi) is 9.78. The molecule has 0 saturated carbocycles. The quantitative estimate of drug-likeness (QED) is 0.507. The lowest BCUT2D eigenvalue weighted by Crippen LogP contribution is -2.82. The summed E-state index contributed by atoms with van der Waals surface area (Å²) >= 11 is 0. The summed E-state index contributed by atoms with van der Waals surface area (Å²) in [6, 6.07) is 6.29. The monoisotopic (exact) mass is 406 g/mol. The van der Waals surface area contributed by atoms with E-state index in [0.717, 1.165) is 42.4 Å². The van der Waals surface area contributed by atoms with Crippen LogP contribution >= 0.6 is 0 Å². The van der Waals surface area contributed by atoms with Crippen LogP contribution in [0.5, 0.6) is 11.5 Å². The van der Waals surface area contributed by atoms with E-state index in [1.165, 1.54) is 44.2 Å². The van der Waals surface area contributed by atoms with Gasteiger partial charge in [0.15, 0.2) is 11.5 Å². The van der Waals surface area contributed by atoms with Crippen molar-refractivity contribution in [2.24, 2.45) is 17.8 Å². The molecule has 166 valence electrons. The maximum absolute atomic E-state index is 5.97. The third kappa shape index (κ3) is 8.18. The molecular weight excluding hydrogens is 362 g/mol. The van der Waals surface area contributed by atoms with Crippen LogP contribution in [0.25, 0.3) is 0 Å². The van der Waals surface area contributed by atoms with E-state index < -0.39 is 0 Å². The maximum atomic E-state index is 5.97. The van der Waals surface area contributed by atoms with E-state index in [9.17, 15) is 0 Å². The molecule has 0 bridgehead atoms. The fourth-order valence-electron chi connectivity index (χ4n) is 4.56. The summed E-state index contributed by atoms with van der Waals surface area (Å²) < 4.78 is 17.1. The second-order valence-corrected chi connectivity index (χ2v) is 9.58. The van der Waals surface area contributed by atoms with Gasteiger partial charge in [0.1, 0.15) is 6.54 Å². The van der Waals surface area contributed by atoms with Crippen LogP contribution in [-0.2, 0) is 11.3 Å². The Morgan fingerprint density at radius 3 is 2.62 bits per heavy atom. The first kappa shape index (κ1) is 24.0. The predicted octanol–water partition coefficient (Wildman–Crippen LogP) is 4.81. The molecule has 0 aromatic heterocycles. The molecule has 1 aliphatic heterocycles. The zero-order chi connectivity index (χ0) is 21.3. The van der Waals surface area contributed by atoms with Gasteiger partial charge in [0.05, 0.1) is 25.9 Å². The summed E-state index contributed by atoms with van der Waals surface area (Å²) in [6.07, 6.45) is 6.40. The predicted molar refractivity (Wildman–Crippen MR) is 120 cm³/mol. The first-order chi connectivity index (χ1) is 13.8. The van der Waals surface area contributed by atoms with E-state index in [1.54, 1.807) is 7.11 Å². The van der Waals surface area contributed by atoms with E-state index in [4.69, 9.17) is 14.2 Å². The van der Waals surface area contributed by atoms with Crippen molar-refractivity contribution in [3.63, 3.8) is 0 Å². The molecule has 1 aromatic rings. The Morgan fingerprint density at radius 2 is 1.97 bits per heavy atom. The van der Waals surface area contributed by atoms with Gasteiger partial charge in [0.2, 0.25) is 0 Å². The highest BCUT2D eigenvalue weighted by Gasteiger charge is 2.33. The van der Waals surface area contributed by atoms with Gasteiger partial charge in [-0.1, -0.05) is 20.3 Å². The van der Waals surface area contributed by atoms with Gasteiger partial charge in [-0.2, -0.15) is 0 Å². The minimum absolute atomic E-state index is 0.0432. The lowest BCUT2D eigenvalue weighted by Gasteiger charge is -2.39. The lowest BCUT2D eigenvalue weighted by molar-refractivity contribution is -0.671. The molecule has 2 N–H and O–H groups in total. The summed E-state index contributed by atoms with van der Waals surface area (Å²) in [6.45, 7) is 14.9. The van der Waals surface area contributed by atoms with Crippen molar-refractivity contribution < 1.29 is 19.5 Å². The van der Waals surface area contributed by atoms with Crippen molar-refractivity contribution in [2.45, 2.75) is 78.9 Å². The Morgan fingerprint density at radius 1 is 1.17 bits per heavy atom. The number of hydrogen-bond donors (Lipinski definition) is 1. The average molecular weight is 407 g/mol. The van der Waals surface area contributed by atoms with Gasteiger partial charge in [-0.25, -0.2) is 0 Å². The Labute approximate surface area is 178 Å². The van der Waals surface area contributed by atoms with Crippen LogP contribution in [0, 0.1) is 17.8 Å². The van der Waals surface area contributed by atoms with Crippen molar-refractivity contribution in [3.05, 3.63) is 23.8 Å². The molecule has 1 fully saturated rings. The largest absolute Gasteiger partial charge is 0.493 e. The average Bonchev–Trinajstić information content (AvgIpc) is 2.67. The lowest BCUT2D eigenvalue weighted by atomic mass is 9.75. The van der Waals surface area contributed by atoms with Crippen molar-refractivity contribution in [3.8, 4) is 11.5 Å². The van der Waals surface area contributed by atoms with Gasteiger partial charge in [0, 0.05) is 12.2 Å². The first-order valence-corrected chi connectivity index (χ1v) is 11.6. The molecular formula is C25H44NO3+. The highest BCUT2D eigenvalue weighted by atomic mass is 16.5. The number of nitrogens with two attached hydrogens (primary N) is 1. The van der Waals surface area contributed by atoms with Crippen LogP contribution in [0.2, 0.25) is 0 Å². The maximum Gasteiger partial charge on any atom is 0.161 e. The van der Waals surface area contributed by atoms with Crippen molar-refractivity contribution in [1.82, 2.24) is 0 Å². The van der Waals surface area contributed by atoms with Gasteiger partial charge in [-0.05, 0) is 82.4 Å². The molecule has 4 heteroatoms. The first-order valence-electron chi connectivity index (χ1n) is 11.6. The van der Waals surface area contributed by atoms with Crippen molar-refractivity contribution in [2.75, 3.05) is 26.9 Å². The third-order valence-corrected chi connectivity index (χ3v) is 6.17. The summed E-state index contributed by atoms with van der Waals surface area (Å²) in [5, 5.41) is 2.45. The second kappa shape index (κ2) is 11.8. The standard InChI is InChI=1S/C25H43NO3/c1-7-28-23-11-9-20(16-24(23)27-6)18-26-14-12-21(10-8-19(2)3)22-13-15-29-25(4,5)17-22/h9,11,16,19,21-22,26H,7-8,10,12-15,17-18H2,1-6H3/p+1/t21-,22+/m1/s1. The van der Waals surface area contributed by atoms with E-state index in [-0.39, 0.29) is 5.60 Å². The zero-order valence-corrected chi connectivity index (χ0v) is 19.6. The van der Waals surface area contributed by atoms with Gasteiger partial charge in [-0.15, -0.1) is 0 Å². The summed E-state index contributed by atoms with van der Waals surface area (Å²) in [7, 11) is 1.71. The zero-order valence-electron chi connectivity index (χ0n) is 19.6. The highest BCUT2D eigenvalue weighted by Crippen LogP contribution is 2.37.